The van der Waals surface area contributed by atoms with Crippen molar-refractivity contribution in [3.63, 3.8) is 0 Å². The van der Waals surface area contributed by atoms with Gasteiger partial charge in [0.05, 0.1) is 0 Å². The number of nitrogens with zero attached hydrogens (tertiary/aromatic N) is 1. The van der Waals surface area contributed by atoms with Crippen molar-refractivity contribution in [3.8, 4) is 0 Å². The minimum atomic E-state index is -1.28. The van der Waals surface area contributed by atoms with Crippen molar-refractivity contribution >= 4 is 34.6 Å². The van der Waals surface area contributed by atoms with E-state index in [9.17, 15) is 19.2 Å². The van der Waals surface area contributed by atoms with Gasteiger partial charge in [0.25, 0.3) is 5.91 Å². The van der Waals surface area contributed by atoms with Crippen LogP contribution in [0, 0.1) is 0 Å². The highest BCUT2D eigenvalue weighted by Crippen LogP contribution is 2.30. The van der Waals surface area contributed by atoms with E-state index in [0.29, 0.717) is 12.1 Å². The van der Waals surface area contributed by atoms with Crippen LogP contribution >= 0.6 is 0 Å². The Hall–Kier alpha value is -3.42. The molecule has 1 saturated heterocycles. The lowest BCUT2D eigenvalue weighted by atomic mass is 9.90. The molecule has 1 aliphatic rings. The zero-order valence-electron chi connectivity index (χ0n) is 15.0. The number of imide groups is 2. The molecule has 0 spiro atoms. The number of carbonyl (C=O) groups excluding carboxylic acids is 4. The maximum Gasteiger partial charge on any atom is 0.325 e. The summed E-state index contributed by atoms with van der Waals surface area (Å²) in [4.78, 5) is 49.4. The van der Waals surface area contributed by atoms with Gasteiger partial charge >= 0.3 is 12.1 Å². The second kappa shape index (κ2) is 7.06. The topological polar surface area (TPSA) is 108 Å². The van der Waals surface area contributed by atoms with Gasteiger partial charge in [0.15, 0.2) is 0 Å². The Morgan fingerprint density at radius 2 is 1.81 bits per heavy atom. The van der Waals surface area contributed by atoms with E-state index < -0.39 is 36.0 Å². The zero-order valence-corrected chi connectivity index (χ0v) is 15.0. The van der Waals surface area contributed by atoms with Crippen LogP contribution in [0.5, 0.6) is 0 Å². The van der Waals surface area contributed by atoms with E-state index in [-0.39, 0.29) is 0 Å². The van der Waals surface area contributed by atoms with Crippen LogP contribution in [-0.2, 0) is 15.1 Å². The predicted molar refractivity (Wildman–Crippen MR) is 98.8 cm³/mol. The average molecular weight is 368 g/mol. The third-order valence-electron chi connectivity index (χ3n) is 4.49. The first-order valence-corrected chi connectivity index (χ1v) is 8.56. The van der Waals surface area contributed by atoms with Gasteiger partial charge in [-0.1, -0.05) is 36.4 Å². The monoisotopic (exact) mass is 368 g/mol. The van der Waals surface area contributed by atoms with E-state index in [4.69, 9.17) is 0 Å². The lowest BCUT2D eigenvalue weighted by molar-refractivity contribution is -0.134. The van der Waals surface area contributed by atoms with Crippen molar-refractivity contribution in [2.75, 3.05) is 13.1 Å². The lowest BCUT2D eigenvalue weighted by Gasteiger charge is -2.22. The summed E-state index contributed by atoms with van der Waals surface area (Å²) in [5, 5.41) is 9.09. The maximum absolute atomic E-state index is 12.9. The second-order valence-electron chi connectivity index (χ2n) is 6.42. The summed E-state index contributed by atoms with van der Waals surface area (Å²) in [5.74, 6) is -1.29. The van der Waals surface area contributed by atoms with Crippen LogP contribution in [0.15, 0.2) is 42.5 Å². The molecule has 1 aliphatic heterocycles. The summed E-state index contributed by atoms with van der Waals surface area (Å²) in [6.45, 7) is 3.11. The molecular formula is C19H20N4O4. The Bertz CT molecular complexity index is 942. The zero-order chi connectivity index (χ0) is 19.6. The number of benzene rings is 2. The van der Waals surface area contributed by atoms with Crippen LogP contribution in [0.4, 0.5) is 9.59 Å². The predicted octanol–water partition coefficient (Wildman–Crippen LogP) is 1.45. The molecule has 3 N–H and O–H groups in total. The van der Waals surface area contributed by atoms with Crippen molar-refractivity contribution in [2.45, 2.75) is 19.4 Å². The Labute approximate surface area is 155 Å². The summed E-state index contributed by atoms with van der Waals surface area (Å²) >= 11 is 0. The first kappa shape index (κ1) is 18.4. The molecule has 1 atom stereocenters. The molecule has 27 heavy (non-hydrogen) atoms. The van der Waals surface area contributed by atoms with E-state index in [1.54, 1.807) is 19.9 Å². The highest BCUT2D eigenvalue weighted by Gasteiger charge is 2.49. The molecule has 3 rings (SSSR count). The fourth-order valence-electron chi connectivity index (χ4n) is 3.05. The molecule has 0 aromatic heterocycles. The quantitative estimate of drug-likeness (QED) is 0.710. The van der Waals surface area contributed by atoms with Gasteiger partial charge < -0.3 is 10.6 Å². The van der Waals surface area contributed by atoms with E-state index in [0.717, 1.165) is 15.7 Å². The molecule has 2 aromatic carbocycles. The van der Waals surface area contributed by atoms with Crippen LogP contribution in [0.1, 0.15) is 19.4 Å². The minimum Gasteiger partial charge on any atom is -0.338 e. The Morgan fingerprint density at radius 3 is 2.52 bits per heavy atom. The number of amides is 6. The molecular weight excluding hydrogens is 348 g/mol. The molecule has 0 saturated carbocycles. The molecule has 0 bridgehead atoms. The Morgan fingerprint density at radius 1 is 1.11 bits per heavy atom. The van der Waals surface area contributed by atoms with Crippen LogP contribution in [-0.4, -0.2) is 41.9 Å². The van der Waals surface area contributed by atoms with Crippen molar-refractivity contribution in [3.05, 3.63) is 48.0 Å². The molecule has 0 radical (unpaired) electrons. The molecule has 1 heterocycles. The van der Waals surface area contributed by atoms with E-state index in [1.807, 2.05) is 36.4 Å². The third-order valence-corrected chi connectivity index (χ3v) is 4.49. The summed E-state index contributed by atoms with van der Waals surface area (Å²) in [7, 11) is 0. The van der Waals surface area contributed by atoms with Gasteiger partial charge in [-0.3, -0.25) is 19.8 Å². The number of hydrogen-bond acceptors (Lipinski definition) is 4. The van der Waals surface area contributed by atoms with Gasteiger partial charge in [-0.05, 0) is 36.2 Å². The van der Waals surface area contributed by atoms with Gasteiger partial charge in [0.2, 0.25) is 5.91 Å². The molecule has 8 nitrogen and oxygen atoms in total. The number of hydrogen-bond donors (Lipinski definition) is 3. The maximum atomic E-state index is 12.9. The molecule has 140 valence electrons. The van der Waals surface area contributed by atoms with Gasteiger partial charge in [-0.2, -0.15) is 0 Å². The number of fused-ring (bicyclic) bond motifs is 1. The van der Waals surface area contributed by atoms with Crippen molar-refractivity contribution in [1.82, 2.24) is 20.9 Å². The molecule has 2 aromatic rings. The van der Waals surface area contributed by atoms with Gasteiger partial charge in [0.1, 0.15) is 12.1 Å². The average Bonchev–Trinajstić information content (AvgIpc) is 2.85. The standard InChI is InChI=1S/C19H20N4O4/c1-3-20-17(26)21-15(24)11-23-16(25)19(2,22-18(23)27)14-9-8-12-6-4-5-7-13(12)10-14/h4-10H,3,11H2,1-2H3,(H,22,27)(H2,20,21,24,26). The summed E-state index contributed by atoms with van der Waals surface area (Å²) < 4.78 is 0. The van der Waals surface area contributed by atoms with Crippen molar-refractivity contribution in [1.29, 1.82) is 0 Å². The Balaban J connectivity index is 1.81. The SMILES string of the molecule is CCNC(=O)NC(=O)CN1C(=O)NC(C)(c2ccc3ccccc3c2)C1=O. The van der Waals surface area contributed by atoms with Gasteiger partial charge in [-0.25, -0.2) is 9.59 Å². The summed E-state index contributed by atoms with van der Waals surface area (Å²) in [5.41, 5.74) is -0.668. The largest absolute Gasteiger partial charge is 0.338 e. The third kappa shape index (κ3) is 3.46. The lowest BCUT2D eigenvalue weighted by Crippen LogP contribution is -2.46. The van der Waals surface area contributed by atoms with Crippen LogP contribution in [0.2, 0.25) is 0 Å². The van der Waals surface area contributed by atoms with Crippen LogP contribution in [0.3, 0.4) is 0 Å². The number of urea groups is 2. The molecule has 1 fully saturated rings. The summed E-state index contributed by atoms with van der Waals surface area (Å²) in [6.07, 6.45) is 0. The van der Waals surface area contributed by atoms with Crippen LogP contribution in [0.25, 0.3) is 10.8 Å². The highest BCUT2D eigenvalue weighted by molar-refractivity contribution is 6.10. The molecule has 6 amide bonds. The molecule has 8 heteroatoms. The number of carbonyl (C=O) groups is 4. The summed E-state index contributed by atoms with van der Waals surface area (Å²) in [6, 6.07) is 11.8. The Kier molecular flexibility index (Phi) is 4.81. The fraction of sp³-hybridized carbons (Fsp3) is 0.263. The smallest absolute Gasteiger partial charge is 0.325 e. The molecule has 0 aliphatic carbocycles. The van der Waals surface area contributed by atoms with Crippen molar-refractivity contribution < 1.29 is 19.2 Å². The highest BCUT2D eigenvalue weighted by atomic mass is 16.2. The van der Waals surface area contributed by atoms with E-state index >= 15 is 0 Å². The molecule has 1 unspecified atom stereocenters. The fourth-order valence-corrected chi connectivity index (χ4v) is 3.05. The number of rotatable bonds is 4. The minimum absolute atomic E-state index is 0.349. The van der Waals surface area contributed by atoms with E-state index in [1.165, 1.54) is 0 Å². The first-order chi connectivity index (χ1) is 12.8. The van der Waals surface area contributed by atoms with E-state index in [2.05, 4.69) is 16.0 Å². The van der Waals surface area contributed by atoms with Crippen LogP contribution < -0.4 is 16.0 Å². The normalized spacial score (nSPS) is 19.1. The van der Waals surface area contributed by atoms with Gasteiger partial charge in [0, 0.05) is 6.54 Å². The first-order valence-electron chi connectivity index (χ1n) is 8.56. The number of nitrogens with one attached hydrogen (secondary N) is 3. The van der Waals surface area contributed by atoms with Gasteiger partial charge in [-0.15, -0.1) is 0 Å². The van der Waals surface area contributed by atoms with Crippen molar-refractivity contribution in [2.24, 2.45) is 0 Å². The second-order valence-corrected chi connectivity index (χ2v) is 6.42.